The van der Waals surface area contributed by atoms with Crippen molar-refractivity contribution in [3.05, 3.63) is 81.5 Å². The molecule has 0 unspecified atom stereocenters. The monoisotopic (exact) mass is 462 g/mol. The molecular weight excluding hydrogens is 441 g/mol. The lowest BCUT2D eigenvalue weighted by Gasteiger charge is -2.34. The van der Waals surface area contributed by atoms with Crippen molar-refractivity contribution in [2.24, 2.45) is 0 Å². The number of benzene rings is 2. The molecule has 0 aliphatic carbocycles. The Morgan fingerprint density at radius 2 is 1.94 bits per heavy atom. The zero-order valence-corrected chi connectivity index (χ0v) is 18.3. The highest BCUT2D eigenvalue weighted by molar-refractivity contribution is 6.31. The molecule has 1 aromatic heterocycles. The highest BCUT2D eigenvalue weighted by Crippen LogP contribution is 2.44. The summed E-state index contributed by atoms with van der Waals surface area (Å²) in [5.74, 6) is -0.454. The SMILES string of the molecule is Cc1ccc([C@H]2C[C@@H](C(F)(F)F)n3ncc(C(=O)NCc4ccc(C)c(Cl)c4)c3N2)cc1. The Bertz CT molecular complexity index is 1140. The minimum absolute atomic E-state index is 0.0589. The number of rotatable bonds is 4. The maximum Gasteiger partial charge on any atom is 0.410 e. The van der Waals surface area contributed by atoms with Crippen molar-refractivity contribution in [1.82, 2.24) is 15.1 Å². The van der Waals surface area contributed by atoms with E-state index in [1.54, 1.807) is 18.2 Å². The van der Waals surface area contributed by atoms with E-state index in [1.807, 2.05) is 38.1 Å². The number of fused-ring (bicyclic) bond motifs is 1. The fourth-order valence-corrected chi connectivity index (χ4v) is 3.97. The molecule has 0 spiro atoms. The van der Waals surface area contributed by atoms with E-state index < -0.39 is 24.2 Å². The van der Waals surface area contributed by atoms with Crippen molar-refractivity contribution < 1.29 is 18.0 Å². The van der Waals surface area contributed by atoms with Gasteiger partial charge in [-0.1, -0.05) is 53.6 Å². The normalized spacial score (nSPS) is 18.1. The topological polar surface area (TPSA) is 59.0 Å². The van der Waals surface area contributed by atoms with Crippen LogP contribution in [0.4, 0.5) is 19.0 Å². The molecule has 2 atom stereocenters. The van der Waals surface area contributed by atoms with Crippen LogP contribution in [0.3, 0.4) is 0 Å². The number of aromatic nitrogens is 2. The third-order valence-electron chi connectivity index (χ3n) is 5.65. The highest BCUT2D eigenvalue weighted by atomic mass is 35.5. The van der Waals surface area contributed by atoms with Crippen LogP contribution in [0.2, 0.25) is 5.02 Å². The van der Waals surface area contributed by atoms with Gasteiger partial charge in [-0.2, -0.15) is 18.3 Å². The van der Waals surface area contributed by atoms with Crippen molar-refractivity contribution in [2.45, 2.75) is 45.1 Å². The summed E-state index contributed by atoms with van der Waals surface area (Å²) < 4.78 is 42.3. The molecular formula is C23H22ClF3N4O. The van der Waals surface area contributed by atoms with Crippen molar-refractivity contribution in [3.63, 3.8) is 0 Å². The first-order valence-electron chi connectivity index (χ1n) is 10.1. The molecule has 9 heteroatoms. The van der Waals surface area contributed by atoms with Crippen molar-refractivity contribution in [2.75, 3.05) is 5.32 Å². The standard InChI is InChI=1S/C23H22ClF3N4O/c1-13-3-7-16(8-4-13)19-10-20(23(25,26)27)31-21(30-19)17(12-29-31)22(32)28-11-15-6-5-14(2)18(24)9-15/h3-9,12,19-20,30H,10-11H2,1-2H3,(H,28,32)/t19-,20+/m1/s1. The van der Waals surface area contributed by atoms with Crippen LogP contribution in [0.5, 0.6) is 0 Å². The Hall–Kier alpha value is -3.00. The van der Waals surface area contributed by atoms with Gasteiger partial charge in [0.1, 0.15) is 11.4 Å². The number of amides is 1. The Kier molecular flexibility index (Phi) is 5.90. The van der Waals surface area contributed by atoms with Crippen LogP contribution in [-0.2, 0) is 6.54 Å². The Balaban J connectivity index is 1.60. The largest absolute Gasteiger partial charge is 0.410 e. The van der Waals surface area contributed by atoms with E-state index in [0.717, 1.165) is 26.9 Å². The van der Waals surface area contributed by atoms with Crippen LogP contribution in [0.15, 0.2) is 48.7 Å². The summed E-state index contributed by atoms with van der Waals surface area (Å²) in [5.41, 5.74) is 3.50. The Morgan fingerprint density at radius 3 is 2.59 bits per heavy atom. The lowest BCUT2D eigenvalue weighted by atomic mass is 9.96. The molecule has 3 aromatic rings. The summed E-state index contributed by atoms with van der Waals surface area (Å²) in [6, 6.07) is 10.3. The van der Waals surface area contributed by atoms with Gasteiger partial charge in [-0.15, -0.1) is 0 Å². The smallest absolute Gasteiger partial charge is 0.363 e. The summed E-state index contributed by atoms with van der Waals surface area (Å²) in [4.78, 5) is 12.8. The Labute approximate surface area is 188 Å². The van der Waals surface area contributed by atoms with Gasteiger partial charge in [0, 0.05) is 18.0 Å². The van der Waals surface area contributed by atoms with Crippen LogP contribution in [-0.4, -0.2) is 21.9 Å². The van der Waals surface area contributed by atoms with Gasteiger partial charge in [0.05, 0.1) is 12.2 Å². The molecule has 2 heterocycles. The van der Waals surface area contributed by atoms with E-state index in [0.29, 0.717) is 5.02 Å². The average molecular weight is 463 g/mol. The van der Waals surface area contributed by atoms with Gasteiger partial charge in [-0.3, -0.25) is 4.79 Å². The summed E-state index contributed by atoms with van der Waals surface area (Å²) in [5, 5.41) is 10.3. The van der Waals surface area contributed by atoms with E-state index in [1.165, 1.54) is 6.20 Å². The number of carbonyl (C=O) groups is 1. The number of hydrogen-bond acceptors (Lipinski definition) is 3. The van der Waals surface area contributed by atoms with Gasteiger partial charge < -0.3 is 10.6 Å². The molecule has 168 valence electrons. The average Bonchev–Trinajstić information content (AvgIpc) is 3.17. The van der Waals surface area contributed by atoms with Crippen molar-refractivity contribution >= 4 is 23.3 Å². The van der Waals surface area contributed by atoms with Crippen LogP contribution >= 0.6 is 11.6 Å². The molecule has 32 heavy (non-hydrogen) atoms. The van der Waals surface area contributed by atoms with E-state index in [4.69, 9.17) is 11.6 Å². The molecule has 0 bridgehead atoms. The van der Waals surface area contributed by atoms with Gasteiger partial charge in [0.2, 0.25) is 0 Å². The zero-order valence-electron chi connectivity index (χ0n) is 17.5. The number of aryl methyl sites for hydroxylation is 2. The molecule has 2 aromatic carbocycles. The molecule has 1 aliphatic rings. The number of halogens is 4. The fourth-order valence-electron chi connectivity index (χ4n) is 3.77. The van der Waals surface area contributed by atoms with Gasteiger partial charge >= 0.3 is 6.18 Å². The van der Waals surface area contributed by atoms with Gasteiger partial charge in [0.25, 0.3) is 5.91 Å². The first-order valence-corrected chi connectivity index (χ1v) is 10.5. The molecule has 0 saturated heterocycles. The minimum atomic E-state index is -4.50. The van der Waals surface area contributed by atoms with Crippen molar-refractivity contribution in [3.8, 4) is 0 Å². The van der Waals surface area contributed by atoms with Gasteiger partial charge in [-0.25, -0.2) is 4.68 Å². The molecule has 1 amide bonds. The molecule has 4 rings (SSSR count). The number of carbonyl (C=O) groups excluding carboxylic acids is 1. The summed E-state index contributed by atoms with van der Waals surface area (Å²) in [6.07, 6.45) is -3.54. The number of alkyl halides is 3. The second-order valence-corrected chi connectivity index (χ2v) is 8.43. The zero-order chi connectivity index (χ0) is 23.0. The first kappa shape index (κ1) is 22.2. The highest BCUT2D eigenvalue weighted by Gasteiger charge is 2.47. The maximum absolute atomic E-state index is 13.8. The van der Waals surface area contributed by atoms with Crippen molar-refractivity contribution in [1.29, 1.82) is 0 Å². The second-order valence-electron chi connectivity index (χ2n) is 8.02. The fraction of sp³-hybridized carbons (Fsp3) is 0.304. The second kappa shape index (κ2) is 8.50. The lowest BCUT2D eigenvalue weighted by molar-refractivity contribution is -0.173. The summed E-state index contributed by atoms with van der Waals surface area (Å²) in [7, 11) is 0. The van der Waals surface area contributed by atoms with Gasteiger partial charge in [0.15, 0.2) is 6.04 Å². The third kappa shape index (κ3) is 4.46. The molecule has 0 saturated carbocycles. The van der Waals surface area contributed by atoms with E-state index in [-0.39, 0.29) is 24.3 Å². The number of hydrogen-bond donors (Lipinski definition) is 2. The minimum Gasteiger partial charge on any atom is -0.363 e. The molecule has 2 N–H and O–H groups in total. The summed E-state index contributed by atoms with van der Waals surface area (Å²) in [6.45, 7) is 3.97. The van der Waals surface area contributed by atoms with E-state index in [9.17, 15) is 18.0 Å². The predicted molar refractivity (Wildman–Crippen MR) is 117 cm³/mol. The molecule has 1 aliphatic heterocycles. The third-order valence-corrected chi connectivity index (χ3v) is 6.06. The predicted octanol–water partition coefficient (Wildman–Crippen LogP) is 5.74. The van der Waals surface area contributed by atoms with E-state index >= 15 is 0 Å². The molecule has 0 radical (unpaired) electrons. The van der Waals surface area contributed by atoms with Gasteiger partial charge in [-0.05, 0) is 36.6 Å². The lowest BCUT2D eigenvalue weighted by Crippen LogP contribution is -2.36. The van der Waals surface area contributed by atoms with Crippen LogP contribution in [0, 0.1) is 13.8 Å². The number of anilines is 1. The van der Waals surface area contributed by atoms with Crippen LogP contribution in [0.25, 0.3) is 0 Å². The molecule has 5 nitrogen and oxygen atoms in total. The molecule has 0 fully saturated rings. The van der Waals surface area contributed by atoms with Crippen LogP contribution < -0.4 is 10.6 Å². The number of nitrogens with one attached hydrogen (secondary N) is 2. The summed E-state index contributed by atoms with van der Waals surface area (Å²) >= 11 is 6.12. The number of nitrogens with zero attached hydrogens (tertiary/aromatic N) is 2. The van der Waals surface area contributed by atoms with Crippen LogP contribution in [0.1, 0.15) is 51.1 Å². The maximum atomic E-state index is 13.8. The Morgan fingerprint density at radius 1 is 1.22 bits per heavy atom. The quantitative estimate of drug-likeness (QED) is 0.519. The first-order chi connectivity index (χ1) is 15.1. The van der Waals surface area contributed by atoms with E-state index in [2.05, 4.69) is 15.7 Å².